The van der Waals surface area contributed by atoms with Gasteiger partial charge in [-0.2, -0.15) is 0 Å². The molecule has 0 spiro atoms. The number of Topliss-reactive ketones (excluding diaryl/α,β-unsaturated/α-hetero) is 1. The molecule has 1 aromatic rings. The first kappa shape index (κ1) is 23.3. The van der Waals surface area contributed by atoms with Crippen LogP contribution in [-0.4, -0.2) is 46.1 Å². The molecule has 2 atom stereocenters. The number of nitrogens with one attached hydrogen (secondary N) is 2. The van der Waals surface area contributed by atoms with Gasteiger partial charge in [-0.15, -0.1) is 0 Å². The molecular formula is C18H27FN4O5. The predicted molar refractivity (Wildman–Crippen MR) is 99.3 cm³/mol. The number of hydrogen-bond acceptors (Lipinski definition) is 6. The van der Waals surface area contributed by atoms with Crippen LogP contribution in [0.5, 0.6) is 5.75 Å². The SMILES string of the molecule is CCCCC(CN(O)C=O)C(=O)C(NC(=O)Nc1ccc(OF)cn1)C(C)C. The van der Waals surface area contributed by atoms with Gasteiger partial charge in [0, 0.05) is 10.4 Å². The summed E-state index contributed by atoms with van der Waals surface area (Å²) in [5, 5.41) is 15.0. The van der Waals surface area contributed by atoms with Gasteiger partial charge in [-0.25, -0.2) is 14.8 Å². The maximum atomic E-state index is 12.9. The number of pyridine rings is 1. The third-order valence-corrected chi connectivity index (χ3v) is 4.16. The second kappa shape index (κ2) is 11.9. The Kier molecular flexibility index (Phi) is 9.86. The molecule has 0 aliphatic rings. The fraction of sp³-hybridized carbons (Fsp3) is 0.556. The summed E-state index contributed by atoms with van der Waals surface area (Å²) in [4.78, 5) is 43.3. The third-order valence-electron chi connectivity index (χ3n) is 4.16. The molecule has 1 aromatic heterocycles. The molecule has 156 valence electrons. The number of rotatable bonds is 12. The number of carbonyl (C=O) groups is 3. The molecule has 0 bridgehead atoms. The average Bonchev–Trinajstić information content (AvgIpc) is 2.68. The van der Waals surface area contributed by atoms with Gasteiger partial charge in [0.25, 0.3) is 0 Å². The van der Waals surface area contributed by atoms with Crippen LogP contribution in [-0.2, 0) is 9.59 Å². The molecular weight excluding hydrogens is 371 g/mol. The molecule has 1 heterocycles. The number of anilines is 1. The van der Waals surface area contributed by atoms with E-state index in [1.165, 1.54) is 12.1 Å². The van der Waals surface area contributed by atoms with E-state index in [1.807, 2.05) is 6.92 Å². The second-order valence-electron chi connectivity index (χ2n) is 6.75. The van der Waals surface area contributed by atoms with E-state index >= 15 is 0 Å². The Bertz CT molecular complexity index is 641. The highest BCUT2D eigenvalue weighted by atomic mass is 19.3. The number of hydrogen-bond donors (Lipinski definition) is 3. The Labute approximate surface area is 163 Å². The van der Waals surface area contributed by atoms with Crippen molar-refractivity contribution in [1.82, 2.24) is 15.4 Å². The quantitative estimate of drug-likeness (QED) is 0.283. The van der Waals surface area contributed by atoms with Gasteiger partial charge < -0.3 is 5.32 Å². The number of nitrogens with zero attached hydrogens (tertiary/aromatic N) is 2. The third kappa shape index (κ3) is 7.47. The molecule has 0 radical (unpaired) electrons. The number of carbonyl (C=O) groups excluding carboxylic acids is 3. The Morgan fingerprint density at radius 2 is 2.11 bits per heavy atom. The van der Waals surface area contributed by atoms with Gasteiger partial charge in [-0.1, -0.05) is 33.6 Å². The Balaban J connectivity index is 2.82. The molecule has 1 rings (SSSR count). The molecule has 2 unspecified atom stereocenters. The van der Waals surface area contributed by atoms with Crippen LogP contribution in [0.2, 0.25) is 0 Å². The molecule has 0 saturated carbocycles. The van der Waals surface area contributed by atoms with Gasteiger partial charge in [0.1, 0.15) is 5.82 Å². The van der Waals surface area contributed by atoms with Gasteiger partial charge in [0.2, 0.25) is 6.41 Å². The first-order valence-corrected chi connectivity index (χ1v) is 9.09. The van der Waals surface area contributed by atoms with Crippen molar-refractivity contribution in [3.8, 4) is 5.75 Å². The normalized spacial score (nSPS) is 12.8. The highest BCUT2D eigenvalue weighted by molar-refractivity contribution is 5.94. The van der Waals surface area contributed by atoms with Crippen LogP contribution in [0, 0.1) is 11.8 Å². The Morgan fingerprint density at radius 3 is 2.61 bits per heavy atom. The van der Waals surface area contributed by atoms with Crippen LogP contribution in [0.25, 0.3) is 0 Å². The first-order valence-electron chi connectivity index (χ1n) is 9.09. The van der Waals surface area contributed by atoms with E-state index in [9.17, 15) is 24.1 Å². The highest BCUT2D eigenvalue weighted by Crippen LogP contribution is 2.17. The van der Waals surface area contributed by atoms with Gasteiger partial charge in [0.15, 0.2) is 11.5 Å². The molecule has 0 aliphatic carbocycles. The van der Waals surface area contributed by atoms with Crippen molar-refractivity contribution in [2.75, 3.05) is 11.9 Å². The predicted octanol–water partition coefficient (Wildman–Crippen LogP) is 2.71. The summed E-state index contributed by atoms with van der Waals surface area (Å²) >= 11 is 0. The van der Waals surface area contributed by atoms with E-state index in [0.717, 1.165) is 19.0 Å². The topological polar surface area (TPSA) is 121 Å². The molecule has 3 N–H and O–H groups in total. The number of aromatic nitrogens is 1. The van der Waals surface area contributed by atoms with Crippen molar-refractivity contribution in [3.63, 3.8) is 0 Å². The monoisotopic (exact) mass is 398 g/mol. The Morgan fingerprint density at radius 1 is 1.39 bits per heavy atom. The minimum Gasteiger partial charge on any atom is -0.328 e. The zero-order valence-electron chi connectivity index (χ0n) is 16.2. The lowest BCUT2D eigenvalue weighted by atomic mass is 9.87. The van der Waals surface area contributed by atoms with Crippen LogP contribution in [0.15, 0.2) is 18.3 Å². The van der Waals surface area contributed by atoms with Crippen LogP contribution in [0.1, 0.15) is 40.0 Å². The number of ketones is 1. The smallest absolute Gasteiger partial charge is 0.320 e. The van der Waals surface area contributed by atoms with Gasteiger partial charge in [-0.05, 0) is 24.5 Å². The lowest BCUT2D eigenvalue weighted by molar-refractivity contribution is -0.154. The van der Waals surface area contributed by atoms with Gasteiger partial charge in [-0.3, -0.25) is 25.1 Å². The zero-order chi connectivity index (χ0) is 21.1. The van der Waals surface area contributed by atoms with Gasteiger partial charge in [0.05, 0.1) is 18.8 Å². The van der Waals surface area contributed by atoms with E-state index in [0.29, 0.717) is 11.5 Å². The second-order valence-corrected chi connectivity index (χ2v) is 6.75. The van der Waals surface area contributed by atoms with E-state index < -0.39 is 18.0 Å². The lowest BCUT2D eigenvalue weighted by Crippen LogP contribution is -2.50. The van der Waals surface area contributed by atoms with E-state index in [-0.39, 0.29) is 36.2 Å². The van der Waals surface area contributed by atoms with E-state index in [2.05, 4.69) is 20.6 Å². The summed E-state index contributed by atoms with van der Waals surface area (Å²) in [5.74, 6) is -1.06. The number of unbranched alkanes of at least 4 members (excludes halogenated alkanes) is 1. The fourth-order valence-electron chi connectivity index (χ4n) is 2.66. The summed E-state index contributed by atoms with van der Waals surface area (Å²) in [5.41, 5.74) is 0. The van der Waals surface area contributed by atoms with E-state index in [4.69, 9.17) is 0 Å². The number of urea groups is 1. The molecule has 0 fully saturated rings. The molecule has 0 aromatic carbocycles. The van der Waals surface area contributed by atoms with Crippen LogP contribution >= 0.6 is 0 Å². The van der Waals surface area contributed by atoms with Crippen molar-refractivity contribution in [2.45, 2.75) is 46.1 Å². The van der Waals surface area contributed by atoms with Crippen LogP contribution in [0.3, 0.4) is 0 Å². The van der Waals surface area contributed by atoms with Crippen LogP contribution in [0.4, 0.5) is 15.1 Å². The minimum atomic E-state index is -0.824. The van der Waals surface area contributed by atoms with Crippen molar-refractivity contribution in [2.24, 2.45) is 11.8 Å². The zero-order valence-corrected chi connectivity index (χ0v) is 16.2. The van der Waals surface area contributed by atoms with Crippen molar-refractivity contribution in [3.05, 3.63) is 18.3 Å². The molecule has 3 amide bonds. The Hall–Kier alpha value is -2.75. The van der Waals surface area contributed by atoms with Crippen LogP contribution < -0.4 is 15.6 Å². The summed E-state index contributed by atoms with van der Waals surface area (Å²) < 4.78 is 12.0. The molecule has 0 aliphatic heterocycles. The molecule has 9 nitrogen and oxygen atoms in total. The van der Waals surface area contributed by atoms with Crippen molar-refractivity contribution < 1.29 is 29.1 Å². The summed E-state index contributed by atoms with van der Waals surface area (Å²) in [6.45, 7) is 5.39. The number of hydroxylamine groups is 2. The van der Waals surface area contributed by atoms with Crippen molar-refractivity contribution >= 4 is 24.0 Å². The minimum absolute atomic E-state index is 0.108. The molecule has 0 saturated heterocycles. The number of amides is 3. The molecule has 10 heteroatoms. The van der Waals surface area contributed by atoms with Gasteiger partial charge >= 0.3 is 6.03 Å². The maximum Gasteiger partial charge on any atom is 0.320 e. The van der Waals surface area contributed by atoms with Crippen molar-refractivity contribution in [1.29, 1.82) is 0 Å². The van der Waals surface area contributed by atoms with E-state index in [1.54, 1.807) is 13.8 Å². The summed E-state index contributed by atoms with van der Waals surface area (Å²) in [6, 6.07) is 1.15. The maximum absolute atomic E-state index is 12.9. The molecule has 28 heavy (non-hydrogen) atoms. The first-order chi connectivity index (χ1) is 13.3. The lowest BCUT2D eigenvalue weighted by Gasteiger charge is -2.27. The number of halogens is 1. The standard InChI is InChI=1S/C18H27FN4O5/c1-4-5-6-13(10-23(27)11-24)17(25)16(12(2)3)22-18(26)21-15-8-7-14(28-19)9-20-15/h7-9,11-13,16,27H,4-6,10H2,1-3H3,(H2,20,21,22,26). The summed E-state index contributed by atoms with van der Waals surface area (Å²) in [7, 11) is 0. The summed E-state index contributed by atoms with van der Waals surface area (Å²) in [6.07, 6.45) is 3.41. The largest absolute Gasteiger partial charge is 0.328 e. The highest BCUT2D eigenvalue weighted by Gasteiger charge is 2.31. The fourth-order valence-corrected chi connectivity index (χ4v) is 2.66. The average molecular weight is 398 g/mol.